The molecule has 0 aromatic heterocycles. The topological polar surface area (TPSA) is 79.0 Å². The van der Waals surface area contributed by atoms with Crippen molar-refractivity contribution in [1.82, 2.24) is 5.32 Å². The van der Waals surface area contributed by atoms with Crippen molar-refractivity contribution in [1.29, 1.82) is 5.41 Å². The maximum atomic E-state index is 10.3. The summed E-state index contributed by atoms with van der Waals surface area (Å²) < 4.78 is 0. The Morgan fingerprint density at radius 1 is 2.00 bits per heavy atom. The average molecular weight is 113 g/mol. The molecule has 1 atom stereocenters. The zero-order valence-electron chi connectivity index (χ0n) is 4.27. The number of hydrogen-bond donors (Lipinski definition) is 3. The molecule has 4 heteroatoms. The van der Waals surface area contributed by atoms with E-state index in [1.54, 1.807) is 0 Å². The molecule has 0 spiro atoms. The first-order chi connectivity index (χ1) is 3.72. The van der Waals surface area contributed by atoms with Gasteiger partial charge in [-0.05, 0) is 0 Å². The molecule has 0 saturated carbocycles. The summed E-state index contributed by atoms with van der Waals surface area (Å²) >= 11 is 0. The fourth-order valence-corrected chi connectivity index (χ4v) is 0.539. The number of carbonyl (C=O) groups excluding carboxylic acids is 1. The summed E-state index contributed by atoms with van der Waals surface area (Å²) in [6, 6.07) is 0. The van der Waals surface area contributed by atoms with E-state index in [2.05, 4.69) is 5.32 Å². The highest BCUT2D eigenvalue weighted by molar-refractivity contribution is 6.05. The first-order valence-electron chi connectivity index (χ1n) is 2.33. The highest BCUT2D eigenvalue weighted by atomic mass is 16.2. The summed E-state index contributed by atoms with van der Waals surface area (Å²) in [6.07, 6.45) is 0. The van der Waals surface area contributed by atoms with E-state index in [9.17, 15) is 4.79 Å². The molecule has 0 bridgehead atoms. The Balaban J connectivity index is 2.49. The quantitative estimate of drug-likeness (QED) is 0.224. The van der Waals surface area contributed by atoms with Crippen molar-refractivity contribution >= 4 is 11.7 Å². The Hall–Kier alpha value is -1.06. The fraction of sp³-hybridized carbons (Fsp3) is 0.500. The zero-order valence-corrected chi connectivity index (χ0v) is 4.27. The van der Waals surface area contributed by atoms with Crippen LogP contribution in [0.15, 0.2) is 0 Å². The van der Waals surface area contributed by atoms with Crippen LogP contribution >= 0.6 is 0 Å². The summed E-state index contributed by atoms with van der Waals surface area (Å²) in [6.45, 7) is 0.536. The Kier molecular flexibility index (Phi) is 0.932. The van der Waals surface area contributed by atoms with E-state index >= 15 is 0 Å². The molecule has 1 aliphatic rings. The van der Waals surface area contributed by atoms with Crippen LogP contribution in [-0.4, -0.2) is 18.3 Å². The second-order valence-electron chi connectivity index (χ2n) is 1.75. The summed E-state index contributed by atoms with van der Waals surface area (Å²) in [4.78, 5) is 10.3. The first-order valence-corrected chi connectivity index (χ1v) is 2.33. The molecular weight excluding hydrogens is 106 g/mol. The van der Waals surface area contributed by atoms with Gasteiger partial charge in [-0.3, -0.25) is 10.2 Å². The minimum absolute atomic E-state index is 0.0336. The van der Waals surface area contributed by atoms with Gasteiger partial charge in [0.2, 0.25) is 5.91 Å². The van der Waals surface area contributed by atoms with Gasteiger partial charge in [-0.25, -0.2) is 0 Å². The summed E-state index contributed by atoms with van der Waals surface area (Å²) in [5, 5.41) is 9.28. The van der Waals surface area contributed by atoms with E-state index in [-0.39, 0.29) is 17.7 Å². The van der Waals surface area contributed by atoms with Crippen molar-refractivity contribution < 1.29 is 4.79 Å². The fourth-order valence-electron chi connectivity index (χ4n) is 0.539. The lowest BCUT2D eigenvalue weighted by molar-refractivity contribution is -0.128. The van der Waals surface area contributed by atoms with E-state index in [1.165, 1.54) is 0 Å². The number of nitrogens with one attached hydrogen (secondary N) is 2. The molecule has 0 aliphatic carbocycles. The predicted molar refractivity (Wildman–Crippen MR) is 28.4 cm³/mol. The van der Waals surface area contributed by atoms with Crippen LogP contribution in [0.4, 0.5) is 0 Å². The Morgan fingerprint density at radius 3 is 2.62 bits per heavy atom. The number of carbonyl (C=O) groups is 1. The summed E-state index contributed by atoms with van der Waals surface area (Å²) in [5.74, 6) is -0.499. The molecule has 4 nitrogen and oxygen atoms in total. The zero-order chi connectivity index (χ0) is 6.15. The standard InChI is InChI=1S/C4H7N3O/c5-3(6)2-1-7-4(2)8/h2H,1H2,(H3,5,6)(H,7,8). The molecule has 1 rings (SSSR count). The second kappa shape index (κ2) is 1.47. The van der Waals surface area contributed by atoms with Gasteiger partial charge in [-0.1, -0.05) is 0 Å². The molecule has 8 heavy (non-hydrogen) atoms. The largest absolute Gasteiger partial charge is 0.387 e. The van der Waals surface area contributed by atoms with Crippen LogP contribution in [0.25, 0.3) is 0 Å². The Labute approximate surface area is 46.6 Å². The molecule has 44 valence electrons. The molecule has 1 unspecified atom stereocenters. The molecular formula is C4H7N3O. The number of amidine groups is 1. The lowest BCUT2D eigenvalue weighted by Crippen LogP contribution is -2.54. The minimum Gasteiger partial charge on any atom is -0.387 e. The van der Waals surface area contributed by atoms with Gasteiger partial charge < -0.3 is 11.1 Å². The molecule has 1 heterocycles. The van der Waals surface area contributed by atoms with Gasteiger partial charge in [0.05, 0.1) is 0 Å². The highest BCUT2D eigenvalue weighted by Crippen LogP contribution is 2.02. The van der Waals surface area contributed by atoms with Gasteiger partial charge in [0.15, 0.2) is 0 Å². The van der Waals surface area contributed by atoms with E-state index in [1.807, 2.05) is 0 Å². The van der Waals surface area contributed by atoms with Crippen LogP contribution in [0, 0.1) is 11.3 Å². The van der Waals surface area contributed by atoms with Crippen molar-refractivity contribution in [3.63, 3.8) is 0 Å². The number of hydrogen-bond acceptors (Lipinski definition) is 2. The van der Waals surface area contributed by atoms with Crippen LogP contribution < -0.4 is 11.1 Å². The highest BCUT2D eigenvalue weighted by Gasteiger charge is 2.29. The number of rotatable bonds is 1. The molecule has 1 fully saturated rings. The minimum atomic E-state index is -0.338. The third-order valence-corrected chi connectivity index (χ3v) is 1.17. The van der Waals surface area contributed by atoms with Crippen LogP contribution in [-0.2, 0) is 4.79 Å². The molecule has 0 aromatic carbocycles. The molecule has 0 aromatic rings. The van der Waals surface area contributed by atoms with E-state index in [0.29, 0.717) is 6.54 Å². The van der Waals surface area contributed by atoms with E-state index in [4.69, 9.17) is 11.1 Å². The molecule has 1 amide bonds. The van der Waals surface area contributed by atoms with Crippen molar-refractivity contribution in [3.05, 3.63) is 0 Å². The van der Waals surface area contributed by atoms with Crippen molar-refractivity contribution in [3.8, 4) is 0 Å². The van der Waals surface area contributed by atoms with E-state index < -0.39 is 0 Å². The van der Waals surface area contributed by atoms with Crippen LogP contribution in [0.3, 0.4) is 0 Å². The maximum Gasteiger partial charge on any atom is 0.232 e. The van der Waals surface area contributed by atoms with Gasteiger partial charge >= 0.3 is 0 Å². The third-order valence-electron chi connectivity index (χ3n) is 1.17. The maximum absolute atomic E-state index is 10.3. The van der Waals surface area contributed by atoms with Crippen LogP contribution in [0.2, 0.25) is 0 Å². The Morgan fingerprint density at radius 2 is 2.62 bits per heavy atom. The number of β-lactam (4-membered cyclic amide) rings is 1. The van der Waals surface area contributed by atoms with Gasteiger partial charge in [0.1, 0.15) is 11.8 Å². The summed E-state index contributed by atoms with van der Waals surface area (Å²) in [5.41, 5.74) is 5.01. The smallest absolute Gasteiger partial charge is 0.232 e. The van der Waals surface area contributed by atoms with Crippen molar-refractivity contribution in [2.75, 3.05) is 6.54 Å². The van der Waals surface area contributed by atoms with Crippen molar-refractivity contribution in [2.24, 2.45) is 11.7 Å². The van der Waals surface area contributed by atoms with Crippen LogP contribution in [0.5, 0.6) is 0 Å². The Bertz CT molecular complexity index is 134. The third kappa shape index (κ3) is 0.538. The predicted octanol–water partition coefficient (Wildman–Crippen LogP) is -1.33. The molecule has 1 saturated heterocycles. The van der Waals surface area contributed by atoms with Gasteiger partial charge in [-0.15, -0.1) is 0 Å². The second-order valence-corrected chi connectivity index (χ2v) is 1.75. The SMILES string of the molecule is N=C(N)C1CNC1=O. The van der Waals surface area contributed by atoms with Gasteiger partial charge in [0, 0.05) is 6.54 Å². The van der Waals surface area contributed by atoms with Gasteiger partial charge in [-0.2, -0.15) is 0 Å². The summed E-state index contributed by atoms with van der Waals surface area (Å²) in [7, 11) is 0. The molecule has 4 N–H and O–H groups in total. The normalized spacial score (nSPS) is 26.0. The first kappa shape index (κ1) is 5.08. The number of amides is 1. The molecule has 1 aliphatic heterocycles. The van der Waals surface area contributed by atoms with Crippen LogP contribution in [0.1, 0.15) is 0 Å². The van der Waals surface area contributed by atoms with E-state index in [0.717, 1.165) is 0 Å². The average Bonchev–Trinajstić information content (AvgIpc) is 1.61. The van der Waals surface area contributed by atoms with Crippen molar-refractivity contribution in [2.45, 2.75) is 0 Å². The monoisotopic (exact) mass is 113 g/mol. The molecule has 0 radical (unpaired) electrons. The lowest BCUT2D eigenvalue weighted by Gasteiger charge is -2.23. The number of nitrogens with two attached hydrogens (primary N) is 1. The van der Waals surface area contributed by atoms with Gasteiger partial charge in [0.25, 0.3) is 0 Å². The lowest BCUT2D eigenvalue weighted by atomic mass is 10.0.